The number of carbonyl (C=O) groups excluding carboxylic acids is 2. The molecule has 3 N–H and O–H groups in total. The molecule has 0 spiro atoms. The summed E-state index contributed by atoms with van der Waals surface area (Å²) in [5, 5.41) is 9.83. The maximum absolute atomic E-state index is 12.3. The fourth-order valence-electron chi connectivity index (χ4n) is 4.07. The molecule has 0 aromatic heterocycles. The van der Waals surface area contributed by atoms with E-state index in [1.54, 1.807) is 0 Å². The van der Waals surface area contributed by atoms with Gasteiger partial charge >= 0.3 is 6.03 Å². The molecule has 126 valence electrons. The molecule has 0 aromatic rings. The molecule has 0 saturated carbocycles. The summed E-state index contributed by atoms with van der Waals surface area (Å²) >= 11 is 1.95. The van der Waals surface area contributed by atoms with Gasteiger partial charge in [-0.1, -0.05) is 6.42 Å². The van der Waals surface area contributed by atoms with Crippen LogP contribution in [-0.2, 0) is 4.79 Å². The number of hydrogen-bond acceptors (Lipinski definition) is 4. The quantitative estimate of drug-likeness (QED) is 0.387. The number of nitrogens with one attached hydrogen (secondary N) is 3. The van der Waals surface area contributed by atoms with Crippen LogP contribution in [0.2, 0.25) is 0 Å². The van der Waals surface area contributed by atoms with Crippen LogP contribution in [0, 0.1) is 0 Å². The number of hydrogen-bond donors (Lipinski definition) is 3. The summed E-state index contributed by atoms with van der Waals surface area (Å²) < 4.78 is 0. The fraction of sp³-hybridized carbons (Fsp3) is 0.750. The van der Waals surface area contributed by atoms with Gasteiger partial charge in [0.2, 0.25) is 5.91 Å². The minimum Gasteiger partial charge on any atom is -0.335 e. The molecule has 0 aliphatic carbocycles. The van der Waals surface area contributed by atoms with Gasteiger partial charge in [-0.3, -0.25) is 4.79 Å². The van der Waals surface area contributed by atoms with E-state index in [0.717, 1.165) is 51.2 Å². The van der Waals surface area contributed by atoms with Crippen molar-refractivity contribution in [3.8, 4) is 0 Å². The molecule has 23 heavy (non-hydrogen) atoms. The van der Waals surface area contributed by atoms with Crippen molar-refractivity contribution in [3.63, 3.8) is 0 Å². The van der Waals surface area contributed by atoms with Gasteiger partial charge in [-0.2, -0.15) is 11.8 Å². The number of rotatable bonds is 5. The predicted octanol–water partition coefficient (Wildman–Crippen LogP) is 0.454. The minimum atomic E-state index is -0.0236. The van der Waals surface area contributed by atoms with Crippen LogP contribution in [0.5, 0.6) is 0 Å². The minimum absolute atomic E-state index is 0.0236. The summed E-state index contributed by atoms with van der Waals surface area (Å²) in [6.07, 6.45) is 3.75. The Bertz CT molecular complexity index is 534. The molecule has 3 amide bonds. The van der Waals surface area contributed by atoms with E-state index in [-0.39, 0.29) is 12.1 Å². The van der Waals surface area contributed by atoms with Gasteiger partial charge in [0.1, 0.15) is 0 Å². The van der Waals surface area contributed by atoms with Crippen LogP contribution >= 0.6 is 11.8 Å². The van der Waals surface area contributed by atoms with Crippen molar-refractivity contribution in [3.05, 3.63) is 11.1 Å². The molecule has 6 nitrogen and oxygen atoms in total. The standard InChI is InChI=1S/C16H24N4O2S/c21-14(20-7-10-5-17-6-11(10)8-20)4-2-1-3-13-15-12(9-23-13)18-16(22)19-15/h12-13,15,17H,1-9H2,(H2,18,19,22)/t12-,13-,15-/m0/s1. The van der Waals surface area contributed by atoms with Gasteiger partial charge in [0.05, 0.1) is 12.1 Å². The van der Waals surface area contributed by atoms with Crippen LogP contribution in [0.4, 0.5) is 4.79 Å². The Morgan fingerprint density at radius 1 is 1.17 bits per heavy atom. The lowest BCUT2D eigenvalue weighted by Gasteiger charge is -2.19. The maximum atomic E-state index is 12.3. The highest BCUT2D eigenvalue weighted by Crippen LogP contribution is 2.33. The lowest BCUT2D eigenvalue weighted by Crippen LogP contribution is -2.36. The zero-order valence-corrected chi connectivity index (χ0v) is 14.1. The van der Waals surface area contributed by atoms with Gasteiger partial charge < -0.3 is 20.9 Å². The Labute approximate surface area is 140 Å². The zero-order chi connectivity index (χ0) is 15.8. The summed E-state index contributed by atoms with van der Waals surface area (Å²) in [7, 11) is 0. The van der Waals surface area contributed by atoms with Crippen LogP contribution in [0.15, 0.2) is 11.1 Å². The first kappa shape index (κ1) is 15.3. The first-order chi connectivity index (χ1) is 11.2. The third-order valence-electron chi connectivity index (χ3n) is 5.36. The van der Waals surface area contributed by atoms with E-state index in [9.17, 15) is 9.59 Å². The number of amides is 3. The van der Waals surface area contributed by atoms with Crippen molar-refractivity contribution in [2.75, 3.05) is 31.9 Å². The molecule has 3 atom stereocenters. The largest absolute Gasteiger partial charge is 0.335 e. The second kappa shape index (κ2) is 6.36. The van der Waals surface area contributed by atoms with Crippen molar-refractivity contribution >= 4 is 23.7 Å². The van der Waals surface area contributed by atoms with Gasteiger partial charge in [-0.05, 0) is 24.0 Å². The second-order valence-electron chi connectivity index (χ2n) is 6.93. The molecular formula is C16H24N4O2S. The van der Waals surface area contributed by atoms with Crippen LogP contribution in [0.3, 0.4) is 0 Å². The molecule has 2 saturated heterocycles. The van der Waals surface area contributed by atoms with E-state index in [1.807, 2.05) is 16.7 Å². The van der Waals surface area contributed by atoms with E-state index in [0.29, 0.717) is 23.6 Å². The average Bonchev–Trinajstić information content (AvgIpc) is 3.23. The molecule has 4 aliphatic heterocycles. The third kappa shape index (κ3) is 3.08. The maximum Gasteiger partial charge on any atom is 0.315 e. The Morgan fingerprint density at radius 3 is 2.74 bits per heavy atom. The lowest BCUT2D eigenvalue weighted by molar-refractivity contribution is -0.130. The molecule has 4 rings (SSSR count). The van der Waals surface area contributed by atoms with Crippen LogP contribution in [0.1, 0.15) is 25.7 Å². The molecule has 0 unspecified atom stereocenters. The molecule has 2 fully saturated rings. The molecule has 0 aromatic carbocycles. The zero-order valence-electron chi connectivity index (χ0n) is 13.3. The highest BCUT2D eigenvalue weighted by atomic mass is 32.2. The SMILES string of the molecule is O=C1N[C@H]2[C@H](CS[C@H]2CCCCC(=O)N2CC3=C(CNC3)C2)N1. The Balaban J connectivity index is 1.15. The summed E-state index contributed by atoms with van der Waals surface area (Å²) in [5.41, 5.74) is 2.85. The monoisotopic (exact) mass is 336 g/mol. The summed E-state index contributed by atoms with van der Waals surface area (Å²) in [5.74, 6) is 1.30. The van der Waals surface area contributed by atoms with E-state index >= 15 is 0 Å². The highest BCUT2D eigenvalue weighted by Gasteiger charge is 2.42. The average molecular weight is 336 g/mol. The number of nitrogens with zero attached hydrogens (tertiary/aromatic N) is 1. The van der Waals surface area contributed by atoms with Gasteiger partial charge in [0.15, 0.2) is 0 Å². The first-order valence-corrected chi connectivity index (χ1v) is 9.62. The van der Waals surface area contributed by atoms with Gasteiger partial charge in [0.25, 0.3) is 0 Å². The number of carbonyl (C=O) groups is 2. The van der Waals surface area contributed by atoms with Crippen molar-refractivity contribution in [1.29, 1.82) is 0 Å². The normalized spacial score (nSPS) is 32.1. The van der Waals surface area contributed by atoms with Crippen LogP contribution < -0.4 is 16.0 Å². The molecule has 4 aliphatic rings. The fourth-order valence-corrected chi connectivity index (χ4v) is 5.61. The van der Waals surface area contributed by atoms with E-state index < -0.39 is 0 Å². The van der Waals surface area contributed by atoms with Gasteiger partial charge in [-0.15, -0.1) is 0 Å². The topological polar surface area (TPSA) is 73.5 Å². The molecule has 7 heteroatoms. The van der Waals surface area contributed by atoms with E-state index in [2.05, 4.69) is 16.0 Å². The van der Waals surface area contributed by atoms with Crippen LogP contribution in [-0.4, -0.2) is 66.1 Å². The van der Waals surface area contributed by atoms with Crippen molar-refractivity contribution in [1.82, 2.24) is 20.9 Å². The Kier molecular flexibility index (Phi) is 4.24. The Hall–Kier alpha value is -1.21. The highest BCUT2D eigenvalue weighted by molar-refractivity contribution is 8.00. The second-order valence-corrected chi connectivity index (χ2v) is 8.20. The Morgan fingerprint density at radius 2 is 1.96 bits per heavy atom. The smallest absolute Gasteiger partial charge is 0.315 e. The van der Waals surface area contributed by atoms with Crippen LogP contribution in [0.25, 0.3) is 0 Å². The van der Waals surface area contributed by atoms with Crippen molar-refractivity contribution < 1.29 is 9.59 Å². The summed E-state index contributed by atoms with van der Waals surface area (Å²) in [6, 6.07) is 0.553. The van der Waals surface area contributed by atoms with Gasteiger partial charge in [0, 0.05) is 43.6 Å². The number of urea groups is 1. The number of unbranched alkanes of at least 4 members (excludes halogenated alkanes) is 1. The lowest BCUT2D eigenvalue weighted by atomic mass is 10.0. The van der Waals surface area contributed by atoms with E-state index in [1.165, 1.54) is 11.1 Å². The summed E-state index contributed by atoms with van der Waals surface area (Å²) in [6.45, 7) is 3.59. The number of fused-ring (bicyclic) bond motifs is 1. The molecular weight excluding hydrogens is 312 g/mol. The van der Waals surface area contributed by atoms with Crippen molar-refractivity contribution in [2.24, 2.45) is 0 Å². The van der Waals surface area contributed by atoms with E-state index in [4.69, 9.17) is 0 Å². The molecule has 4 heterocycles. The number of thioether (sulfide) groups is 1. The summed E-state index contributed by atoms with van der Waals surface area (Å²) in [4.78, 5) is 25.7. The third-order valence-corrected chi connectivity index (χ3v) is 6.87. The predicted molar refractivity (Wildman–Crippen MR) is 90.4 cm³/mol. The van der Waals surface area contributed by atoms with Gasteiger partial charge in [-0.25, -0.2) is 4.79 Å². The molecule has 0 radical (unpaired) electrons. The molecule has 0 bridgehead atoms. The first-order valence-electron chi connectivity index (χ1n) is 8.57. The van der Waals surface area contributed by atoms with Crippen molar-refractivity contribution in [2.45, 2.75) is 43.0 Å².